The molecule has 2 fully saturated rings. The van der Waals surface area contributed by atoms with E-state index in [1.165, 1.54) is 4.90 Å². The number of carbonyl (C=O) groups excluding carboxylic acids is 2. The second-order valence-corrected chi connectivity index (χ2v) is 3.91. The highest BCUT2D eigenvalue weighted by molar-refractivity contribution is 6.09. The molecule has 2 rings (SSSR count). The molecule has 1 saturated heterocycles. The van der Waals surface area contributed by atoms with E-state index in [0.29, 0.717) is 0 Å². The number of amides is 2. The van der Waals surface area contributed by atoms with Crippen LogP contribution in [0.2, 0.25) is 0 Å². The van der Waals surface area contributed by atoms with E-state index < -0.39 is 0 Å². The number of carbonyl (C=O) groups is 2. The minimum Gasteiger partial charge on any atom is -0.396 e. The maximum absolute atomic E-state index is 11.7. The summed E-state index contributed by atoms with van der Waals surface area (Å²) in [5.74, 6) is -0.885. The molecule has 3 unspecified atom stereocenters. The summed E-state index contributed by atoms with van der Waals surface area (Å²) in [5, 5.41) is 11.8. The first-order chi connectivity index (χ1) is 6.63. The van der Waals surface area contributed by atoms with Crippen molar-refractivity contribution in [3.8, 4) is 0 Å². The number of rotatable bonds is 3. The molecule has 0 aromatic heterocycles. The van der Waals surface area contributed by atoms with E-state index in [9.17, 15) is 9.59 Å². The van der Waals surface area contributed by atoms with E-state index in [1.54, 1.807) is 14.0 Å². The maximum atomic E-state index is 11.7. The highest BCUT2D eigenvalue weighted by Gasteiger charge is 2.67. The lowest BCUT2D eigenvalue weighted by Crippen LogP contribution is -2.47. The third-order valence-electron chi connectivity index (χ3n) is 3.23. The second-order valence-electron chi connectivity index (χ2n) is 3.91. The molecule has 14 heavy (non-hydrogen) atoms. The van der Waals surface area contributed by atoms with Gasteiger partial charge in [-0.3, -0.25) is 14.5 Å². The molecule has 5 heteroatoms. The SMILES string of the molecule is CNC(C)N1C(=O)C2C(CO)C2C1=O. The van der Waals surface area contributed by atoms with Crippen molar-refractivity contribution in [2.24, 2.45) is 17.8 Å². The number of aliphatic hydroxyl groups is 1. The molecule has 78 valence electrons. The fourth-order valence-corrected chi connectivity index (χ4v) is 2.22. The van der Waals surface area contributed by atoms with E-state index in [-0.39, 0.29) is 42.3 Å². The molecule has 1 heterocycles. The van der Waals surface area contributed by atoms with Crippen LogP contribution in [0.1, 0.15) is 6.92 Å². The average molecular weight is 198 g/mol. The molecule has 2 aliphatic rings. The number of hydrogen-bond acceptors (Lipinski definition) is 4. The number of aliphatic hydroxyl groups excluding tert-OH is 1. The van der Waals surface area contributed by atoms with E-state index in [0.717, 1.165) is 0 Å². The summed E-state index contributed by atoms with van der Waals surface area (Å²) in [6, 6.07) is 0. The van der Waals surface area contributed by atoms with Gasteiger partial charge in [0.25, 0.3) is 0 Å². The molecular formula is C9H14N2O3. The molecule has 2 amide bonds. The Morgan fingerprint density at radius 1 is 1.43 bits per heavy atom. The predicted octanol–water partition coefficient (Wildman–Crippen LogP) is -1.22. The smallest absolute Gasteiger partial charge is 0.234 e. The predicted molar refractivity (Wildman–Crippen MR) is 47.9 cm³/mol. The van der Waals surface area contributed by atoms with Gasteiger partial charge in [0.2, 0.25) is 11.8 Å². The third kappa shape index (κ3) is 1.02. The van der Waals surface area contributed by atoms with Crippen LogP contribution >= 0.6 is 0 Å². The van der Waals surface area contributed by atoms with Gasteiger partial charge in [-0.1, -0.05) is 0 Å². The first-order valence-corrected chi connectivity index (χ1v) is 4.78. The van der Waals surface area contributed by atoms with E-state index in [2.05, 4.69) is 5.32 Å². The van der Waals surface area contributed by atoms with Crippen molar-refractivity contribution in [2.75, 3.05) is 13.7 Å². The minimum absolute atomic E-state index is 0.0609. The van der Waals surface area contributed by atoms with Crippen molar-refractivity contribution in [1.82, 2.24) is 10.2 Å². The number of fused-ring (bicyclic) bond motifs is 1. The molecule has 1 saturated carbocycles. The van der Waals surface area contributed by atoms with Gasteiger partial charge in [-0.25, -0.2) is 0 Å². The highest BCUT2D eigenvalue weighted by Crippen LogP contribution is 2.53. The third-order valence-corrected chi connectivity index (χ3v) is 3.23. The molecule has 0 bridgehead atoms. The zero-order valence-electron chi connectivity index (χ0n) is 8.23. The molecule has 2 N–H and O–H groups in total. The quantitative estimate of drug-likeness (QED) is 0.557. The van der Waals surface area contributed by atoms with Gasteiger partial charge in [0.1, 0.15) is 0 Å². The van der Waals surface area contributed by atoms with Gasteiger partial charge >= 0.3 is 0 Å². The Bertz CT molecular complexity index is 270. The van der Waals surface area contributed by atoms with Gasteiger partial charge in [-0.05, 0) is 14.0 Å². The molecular weight excluding hydrogens is 184 g/mol. The first kappa shape index (κ1) is 9.61. The van der Waals surface area contributed by atoms with Crippen LogP contribution < -0.4 is 5.32 Å². The van der Waals surface area contributed by atoms with E-state index >= 15 is 0 Å². The Morgan fingerprint density at radius 3 is 2.29 bits per heavy atom. The molecule has 0 radical (unpaired) electrons. The van der Waals surface area contributed by atoms with Crippen LogP contribution in [0.15, 0.2) is 0 Å². The summed E-state index contributed by atoms with van der Waals surface area (Å²) < 4.78 is 0. The molecule has 1 aliphatic heterocycles. The fourth-order valence-electron chi connectivity index (χ4n) is 2.22. The van der Waals surface area contributed by atoms with Crippen molar-refractivity contribution in [3.63, 3.8) is 0 Å². The van der Waals surface area contributed by atoms with E-state index in [4.69, 9.17) is 5.11 Å². The second kappa shape index (κ2) is 3.03. The zero-order valence-corrected chi connectivity index (χ0v) is 8.23. The van der Waals surface area contributed by atoms with Crippen LogP contribution in [0.3, 0.4) is 0 Å². The number of likely N-dealkylation sites (tertiary alicyclic amines) is 1. The van der Waals surface area contributed by atoms with Crippen LogP contribution in [-0.2, 0) is 9.59 Å². The fraction of sp³-hybridized carbons (Fsp3) is 0.778. The van der Waals surface area contributed by atoms with Gasteiger partial charge in [-0.2, -0.15) is 0 Å². The maximum Gasteiger partial charge on any atom is 0.234 e. The number of piperidine rings is 1. The number of imide groups is 1. The van der Waals surface area contributed by atoms with Gasteiger partial charge in [0, 0.05) is 12.5 Å². The summed E-state index contributed by atoms with van der Waals surface area (Å²) >= 11 is 0. The minimum atomic E-state index is -0.248. The van der Waals surface area contributed by atoms with Crippen LogP contribution in [-0.4, -0.2) is 41.6 Å². The van der Waals surface area contributed by atoms with Gasteiger partial charge in [0.05, 0.1) is 18.0 Å². The standard InChI is InChI=1S/C9H14N2O3/c1-4(10-2)11-8(13)6-5(3-12)7(6)9(11)14/h4-7,10,12H,3H2,1-2H3. The molecule has 0 aromatic rings. The number of nitrogens with one attached hydrogen (secondary N) is 1. The molecule has 0 aromatic carbocycles. The number of nitrogens with zero attached hydrogens (tertiary/aromatic N) is 1. The summed E-state index contributed by atoms with van der Waals surface area (Å²) in [5.41, 5.74) is 0. The lowest BCUT2D eigenvalue weighted by molar-refractivity contribution is -0.145. The van der Waals surface area contributed by atoms with Crippen molar-refractivity contribution in [2.45, 2.75) is 13.1 Å². The average Bonchev–Trinajstić information content (AvgIpc) is 2.85. The summed E-state index contributed by atoms with van der Waals surface area (Å²) in [6.45, 7) is 1.71. The Kier molecular flexibility index (Phi) is 2.08. The van der Waals surface area contributed by atoms with Crippen molar-refractivity contribution < 1.29 is 14.7 Å². The van der Waals surface area contributed by atoms with Gasteiger partial charge in [0.15, 0.2) is 0 Å². The van der Waals surface area contributed by atoms with Crippen LogP contribution in [0, 0.1) is 17.8 Å². The Hall–Kier alpha value is -0.940. The molecule has 3 atom stereocenters. The Labute approximate surface area is 82.1 Å². The summed E-state index contributed by atoms with van der Waals surface area (Å²) in [6.07, 6.45) is -0.248. The van der Waals surface area contributed by atoms with Gasteiger partial charge in [-0.15, -0.1) is 0 Å². The van der Waals surface area contributed by atoms with Crippen LogP contribution in [0.5, 0.6) is 0 Å². The Balaban J connectivity index is 2.13. The van der Waals surface area contributed by atoms with Crippen LogP contribution in [0.25, 0.3) is 0 Å². The van der Waals surface area contributed by atoms with Crippen LogP contribution in [0.4, 0.5) is 0 Å². The largest absolute Gasteiger partial charge is 0.396 e. The molecule has 1 aliphatic carbocycles. The van der Waals surface area contributed by atoms with E-state index in [1.807, 2.05) is 0 Å². The normalized spacial score (nSPS) is 37.4. The lowest BCUT2D eigenvalue weighted by atomic mass is 10.2. The topological polar surface area (TPSA) is 69.6 Å². The van der Waals surface area contributed by atoms with Gasteiger partial charge < -0.3 is 10.4 Å². The highest BCUT2D eigenvalue weighted by atomic mass is 16.3. The zero-order chi connectivity index (χ0) is 10.5. The molecule has 5 nitrogen and oxygen atoms in total. The van der Waals surface area contributed by atoms with Crippen molar-refractivity contribution in [1.29, 1.82) is 0 Å². The summed E-state index contributed by atoms with van der Waals surface area (Å²) in [7, 11) is 1.71. The summed E-state index contributed by atoms with van der Waals surface area (Å²) in [4.78, 5) is 24.6. The number of hydrogen-bond donors (Lipinski definition) is 2. The van der Waals surface area contributed by atoms with Crippen molar-refractivity contribution in [3.05, 3.63) is 0 Å². The monoisotopic (exact) mass is 198 g/mol. The Morgan fingerprint density at radius 2 is 1.93 bits per heavy atom. The first-order valence-electron chi connectivity index (χ1n) is 4.78. The lowest BCUT2D eigenvalue weighted by Gasteiger charge is -2.24. The molecule has 0 spiro atoms. The van der Waals surface area contributed by atoms with Crippen molar-refractivity contribution >= 4 is 11.8 Å².